The zero-order valence-corrected chi connectivity index (χ0v) is 14.0. The maximum Gasteiger partial charge on any atom is 0.434 e. The maximum absolute atomic E-state index is 13.5. The number of nitrogens with zero attached hydrogens (tertiary/aromatic N) is 3. The smallest absolute Gasteiger partial charge is 0.390 e. The molecular formula is C16H13F4N5O3. The van der Waals surface area contributed by atoms with E-state index in [1.807, 2.05) is 0 Å². The number of nitrogens with one attached hydrogen (secondary N) is 1. The van der Waals surface area contributed by atoms with Crippen LogP contribution in [0.15, 0.2) is 35.6 Å². The van der Waals surface area contributed by atoms with Gasteiger partial charge in [-0.3, -0.25) is 9.59 Å². The Kier molecular flexibility index (Phi) is 5.03. The number of carbonyl (C=O) groups excluding carboxylic acids is 2. The first-order valence-corrected chi connectivity index (χ1v) is 7.88. The number of nitrogens with two attached hydrogens (primary N) is 1. The second kappa shape index (κ2) is 7.29. The van der Waals surface area contributed by atoms with Gasteiger partial charge >= 0.3 is 6.18 Å². The van der Waals surface area contributed by atoms with E-state index < -0.39 is 41.2 Å². The van der Waals surface area contributed by atoms with Crippen LogP contribution in [0.25, 0.3) is 5.69 Å². The van der Waals surface area contributed by atoms with Crippen LogP contribution < -0.4 is 11.1 Å². The number of benzene rings is 1. The van der Waals surface area contributed by atoms with Crippen LogP contribution in [-0.4, -0.2) is 40.0 Å². The van der Waals surface area contributed by atoms with Gasteiger partial charge in [-0.15, -0.1) is 0 Å². The molecule has 3 N–H and O–H groups in total. The highest BCUT2D eigenvalue weighted by molar-refractivity contribution is 6.38. The molecule has 0 saturated carbocycles. The van der Waals surface area contributed by atoms with Gasteiger partial charge in [-0.2, -0.15) is 18.3 Å². The largest absolute Gasteiger partial charge is 0.434 e. The predicted molar refractivity (Wildman–Crippen MR) is 87.0 cm³/mol. The summed E-state index contributed by atoms with van der Waals surface area (Å²) in [6.07, 6.45) is -4.84. The Hall–Kier alpha value is -3.44. The molecule has 0 bridgehead atoms. The summed E-state index contributed by atoms with van der Waals surface area (Å²) in [5.74, 6) is -2.46. The Labute approximate surface area is 154 Å². The highest BCUT2D eigenvalue weighted by Crippen LogP contribution is 2.33. The van der Waals surface area contributed by atoms with E-state index in [1.165, 1.54) is 0 Å². The molecule has 0 fully saturated rings. The lowest BCUT2D eigenvalue weighted by Gasteiger charge is -2.13. The summed E-state index contributed by atoms with van der Waals surface area (Å²) < 4.78 is 54.2. The molecular weight excluding hydrogens is 386 g/mol. The second-order valence-electron chi connectivity index (χ2n) is 5.84. The zero-order valence-electron chi connectivity index (χ0n) is 14.0. The van der Waals surface area contributed by atoms with Crippen molar-refractivity contribution in [1.29, 1.82) is 0 Å². The van der Waals surface area contributed by atoms with E-state index in [1.54, 1.807) is 0 Å². The number of halogens is 4. The van der Waals surface area contributed by atoms with Gasteiger partial charge < -0.3 is 15.9 Å². The van der Waals surface area contributed by atoms with Gasteiger partial charge in [0.15, 0.2) is 11.8 Å². The van der Waals surface area contributed by atoms with Crippen molar-refractivity contribution in [2.45, 2.75) is 18.7 Å². The lowest BCUT2D eigenvalue weighted by Crippen LogP contribution is -2.34. The fourth-order valence-electron chi connectivity index (χ4n) is 2.55. The summed E-state index contributed by atoms with van der Waals surface area (Å²) >= 11 is 0. The van der Waals surface area contributed by atoms with Gasteiger partial charge in [0.2, 0.25) is 0 Å². The third-order valence-corrected chi connectivity index (χ3v) is 3.86. The molecule has 2 amide bonds. The van der Waals surface area contributed by atoms with Crippen LogP contribution in [-0.2, 0) is 15.8 Å². The quantitative estimate of drug-likeness (QED) is 0.740. The molecule has 1 atom stereocenters. The molecule has 3 rings (SSSR count). The molecule has 1 aromatic carbocycles. The molecule has 1 unspecified atom stereocenters. The number of aromatic nitrogens is 2. The Morgan fingerprint density at radius 3 is 2.54 bits per heavy atom. The van der Waals surface area contributed by atoms with E-state index in [0.29, 0.717) is 4.68 Å². The Bertz CT molecular complexity index is 937. The molecule has 12 heteroatoms. The number of oxime groups is 1. The Morgan fingerprint density at radius 2 is 1.96 bits per heavy atom. The topological polar surface area (TPSA) is 112 Å². The van der Waals surface area contributed by atoms with Gasteiger partial charge in [-0.25, -0.2) is 9.07 Å². The maximum atomic E-state index is 13.5. The van der Waals surface area contributed by atoms with E-state index in [-0.39, 0.29) is 24.4 Å². The van der Waals surface area contributed by atoms with E-state index in [0.717, 1.165) is 30.5 Å². The molecule has 2 aromatic rings. The first-order chi connectivity index (χ1) is 13.2. The van der Waals surface area contributed by atoms with E-state index in [9.17, 15) is 27.2 Å². The van der Waals surface area contributed by atoms with Gasteiger partial charge in [0, 0.05) is 6.42 Å². The minimum absolute atomic E-state index is 0.0244. The average Bonchev–Trinajstić information content (AvgIpc) is 3.27. The third-order valence-electron chi connectivity index (χ3n) is 3.86. The van der Waals surface area contributed by atoms with Gasteiger partial charge in [-0.1, -0.05) is 5.16 Å². The number of amides is 2. The minimum atomic E-state index is -4.90. The monoisotopic (exact) mass is 399 g/mol. The molecule has 0 spiro atoms. The number of alkyl halides is 3. The highest BCUT2D eigenvalue weighted by atomic mass is 19.4. The van der Waals surface area contributed by atoms with Crippen molar-refractivity contribution in [3.63, 3.8) is 0 Å². The van der Waals surface area contributed by atoms with Gasteiger partial charge in [0.1, 0.15) is 11.5 Å². The Morgan fingerprint density at radius 1 is 1.29 bits per heavy atom. The van der Waals surface area contributed by atoms with Crippen molar-refractivity contribution in [2.24, 2.45) is 10.9 Å². The third kappa shape index (κ3) is 3.94. The molecule has 148 valence electrons. The van der Waals surface area contributed by atoms with E-state index in [4.69, 9.17) is 10.6 Å². The van der Waals surface area contributed by atoms with Gasteiger partial charge in [0.25, 0.3) is 11.8 Å². The molecule has 1 aromatic heterocycles. The zero-order chi connectivity index (χ0) is 20.5. The second-order valence-corrected chi connectivity index (χ2v) is 5.84. The summed E-state index contributed by atoms with van der Waals surface area (Å²) in [5.41, 5.74) is 2.93. The van der Waals surface area contributed by atoms with Crippen LogP contribution in [0.1, 0.15) is 22.5 Å². The summed E-state index contributed by atoms with van der Waals surface area (Å²) in [6.45, 7) is -0.196. The summed E-state index contributed by atoms with van der Waals surface area (Å²) in [6, 6.07) is 4.16. The van der Waals surface area contributed by atoms with Crippen molar-refractivity contribution in [1.82, 2.24) is 15.1 Å². The van der Waals surface area contributed by atoms with Crippen LogP contribution in [0.3, 0.4) is 0 Å². The van der Waals surface area contributed by atoms with Crippen LogP contribution in [0.2, 0.25) is 0 Å². The average molecular weight is 399 g/mol. The predicted octanol–water partition coefficient (Wildman–Crippen LogP) is 1.39. The highest BCUT2D eigenvalue weighted by Gasteiger charge is 2.40. The van der Waals surface area contributed by atoms with Crippen LogP contribution >= 0.6 is 0 Å². The van der Waals surface area contributed by atoms with Crippen LogP contribution in [0.4, 0.5) is 17.6 Å². The summed E-state index contributed by atoms with van der Waals surface area (Å²) in [4.78, 5) is 28.1. The summed E-state index contributed by atoms with van der Waals surface area (Å²) in [7, 11) is 0. The first-order valence-electron chi connectivity index (χ1n) is 7.88. The standard InChI is InChI=1S/C16H13F4N5O3/c17-8-1-3-9(4-2-8)25-13(16(18,19)20)11(7-23-25)15(27)22-6-10-5-12(14(21)26)24-28-10/h1-4,7,10H,5-6H2,(H2,21,26)(H,22,27). The fourth-order valence-corrected chi connectivity index (χ4v) is 2.55. The number of rotatable bonds is 5. The van der Waals surface area contributed by atoms with Gasteiger partial charge in [0.05, 0.1) is 24.0 Å². The van der Waals surface area contributed by atoms with E-state index >= 15 is 0 Å². The molecule has 0 aliphatic carbocycles. The lowest BCUT2D eigenvalue weighted by atomic mass is 10.1. The van der Waals surface area contributed by atoms with Gasteiger partial charge in [-0.05, 0) is 24.3 Å². The van der Waals surface area contributed by atoms with Crippen molar-refractivity contribution in [3.05, 3.63) is 47.5 Å². The molecule has 28 heavy (non-hydrogen) atoms. The van der Waals surface area contributed by atoms with E-state index in [2.05, 4.69) is 15.6 Å². The number of hydrogen-bond donors (Lipinski definition) is 2. The molecule has 2 heterocycles. The molecule has 1 aliphatic rings. The minimum Gasteiger partial charge on any atom is -0.390 e. The van der Waals surface area contributed by atoms with Crippen molar-refractivity contribution in [3.8, 4) is 5.69 Å². The first kappa shape index (κ1) is 19.3. The van der Waals surface area contributed by atoms with Crippen molar-refractivity contribution in [2.75, 3.05) is 6.54 Å². The SMILES string of the molecule is NC(=O)C1=NOC(CNC(=O)c2cnn(-c3ccc(F)cc3)c2C(F)(F)F)C1. The molecule has 0 radical (unpaired) electrons. The normalized spacial score (nSPS) is 16.4. The number of hydrogen-bond acceptors (Lipinski definition) is 5. The fraction of sp³-hybridized carbons (Fsp3) is 0.250. The molecule has 0 saturated heterocycles. The van der Waals surface area contributed by atoms with Crippen LogP contribution in [0.5, 0.6) is 0 Å². The van der Waals surface area contributed by atoms with Crippen molar-refractivity contribution >= 4 is 17.5 Å². The lowest BCUT2D eigenvalue weighted by molar-refractivity contribution is -0.143. The van der Waals surface area contributed by atoms with Crippen molar-refractivity contribution < 1.29 is 32.0 Å². The number of primary amides is 1. The van der Waals surface area contributed by atoms with Crippen LogP contribution in [0, 0.1) is 5.82 Å². The Balaban J connectivity index is 1.79. The molecule has 1 aliphatic heterocycles. The molecule has 8 nitrogen and oxygen atoms in total. The number of carbonyl (C=O) groups is 2. The summed E-state index contributed by atoms with van der Waals surface area (Å²) in [5, 5.41) is 9.34.